The molecule has 0 spiro atoms. The predicted molar refractivity (Wildman–Crippen MR) is 108 cm³/mol. The largest absolute Gasteiger partial charge is 0.497 e. The highest BCUT2D eigenvalue weighted by Gasteiger charge is 2.13. The summed E-state index contributed by atoms with van der Waals surface area (Å²) in [6.07, 6.45) is 0.334. The van der Waals surface area contributed by atoms with Crippen LogP contribution in [0.1, 0.15) is 12.5 Å². The van der Waals surface area contributed by atoms with Crippen LogP contribution >= 0.6 is 0 Å². The van der Waals surface area contributed by atoms with Gasteiger partial charge in [-0.05, 0) is 48.5 Å². The van der Waals surface area contributed by atoms with E-state index in [-0.39, 0.29) is 24.9 Å². The van der Waals surface area contributed by atoms with Crippen LogP contribution in [0.15, 0.2) is 48.5 Å². The lowest BCUT2D eigenvalue weighted by Gasteiger charge is -2.19. The Balaban J connectivity index is 1.83. The maximum atomic E-state index is 12.3. The van der Waals surface area contributed by atoms with Gasteiger partial charge in [0.15, 0.2) is 0 Å². The average molecular weight is 380 g/mol. The van der Waals surface area contributed by atoms with Crippen molar-refractivity contribution < 1.29 is 14.3 Å². The maximum Gasteiger partial charge on any atom is 0.238 e. The number of amides is 2. The van der Waals surface area contributed by atoms with E-state index in [0.29, 0.717) is 30.1 Å². The zero-order valence-electron chi connectivity index (χ0n) is 16.1. The van der Waals surface area contributed by atoms with Gasteiger partial charge in [0, 0.05) is 11.4 Å². The van der Waals surface area contributed by atoms with Gasteiger partial charge in [-0.3, -0.25) is 14.5 Å². The number of likely N-dealkylation sites (N-methyl/N-ethyl adjacent to an activating group) is 1. The molecule has 7 nitrogen and oxygen atoms in total. The van der Waals surface area contributed by atoms with Crippen molar-refractivity contribution in [2.45, 2.75) is 13.3 Å². The molecule has 0 saturated carbocycles. The standard InChI is InChI=1S/C21H24N4O3/c1-3-25(15-21(27)24-18-8-10-19(28-2)11-9-18)14-20(26)23-17-6-4-16(5-7-17)12-13-22/h4-11H,3,12,14-15H2,1-2H3,(H,23,26)(H,24,27). The molecule has 0 fully saturated rings. The molecule has 2 amide bonds. The van der Waals surface area contributed by atoms with Gasteiger partial charge in [0.1, 0.15) is 5.75 Å². The molecule has 2 rings (SSSR count). The molecule has 2 aromatic carbocycles. The van der Waals surface area contributed by atoms with Crippen LogP contribution in [0.3, 0.4) is 0 Å². The van der Waals surface area contributed by atoms with Crippen LogP contribution < -0.4 is 15.4 Å². The van der Waals surface area contributed by atoms with Crippen LogP contribution in [0.4, 0.5) is 11.4 Å². The normalized spacial score (nSPS) is 10.2. The average Bonchev–Trinajstić information content (AvgIpc) is 2.69. The van der Waals surface area contributed by atoms with E-state index in [4.69, 9.17) is 10.00 Å². The number of hydrogen-bond donors (Lipinski definition) is 2. The topological polar surface area (TPSA) is 94.5 Å². The number of nitrogens with zero attached hydrogens (tertiary/aromatic N) is 2. The smallest absolute Gasteiger partial charge is 0.238 e. The second-order valence-electron chi connectivity index (χ2n) is 6.16. The monoisotopic (exact) mass is 380 g/mol. The third-order valence-corrected chi connectivity index (χ3v) is 4.08. The Bertz CT molecular complexity index is 826. The Morgan fingerprint density at radius 2 is 1.46 bits per heavy atom. The van der Waals surface area contributed by atoms with Gasteiger partial charge in [0.2, 0.25) is 11.8 Å². The molecule has 28 heavy (non-hydrogen) atoms. The highest BCUT2D eigenvalue weighted by atomic mass is 16.5. The minimum absolute atomic E-state index is 0.104. The molecule has 0 bridgehead atoms. The molecule has 0 atom stereocenters. The van der Waals surface area contributed by atoms with Crippen molar-refractivity contribution in [2.75, 3.05) is 37.4 Å². The first-order chi connectivity index (χ1) is 13.5. The molecule has 7 heteroatoms. The summed E-state index contributed by atoms with van der Waals surface area (Å²) < 4.78 is 5.09. The van der Waals surface area contributed by atoms with E-state index in [2.05, 4.69) is 16.7 Å². The quantitative estimate of drug-likeness (QED) is 0.697. The molecule has 0 saturated heterocycles. The second-order valence-corrected chi connectivity index (χ2v) is 6.16. The molecular formula is C21H24N4O3. The molecule has 146 valence electrons. The summed E-state index contributed by atoms with van der Waals surface area (Å²) in [5, 5.41) is 14.3. The van der Waals surface area contributed by atoms with Crippen LogP contribution in [0.25, 0.3) is 0 Å². The van der Waals surface area contributed by atoms with Crippen molar-refractivity contribution >= 4 is 23.2 Å². The molecule has 0 aromatic heterocycles. The third-order valence-electron chi connectivity index (χ3n) is 4.08. The molecule has 0 radical (unpaired) electrons. The van der Waals surface area contributed by atoms with Crippen molar-refractivity contribution in [3.8, 4) is 11.8 Å². The van der Waals surface area contributed by atoms with E-state index in [9.17, 15) is 9.59 Å². The second kappa shape index (κ2) is 10.7. The Labute approximate surface area is 164 Å². The van der Waals surface area contributed by atoms with E-state index in [1.807, 2.05) is 6.92 Å². The van der Waals surface area contributed by atoms with E-state index < -0.39 is 0 Å². The number of methoxy groups -OCH3 is 1. The zero-order valence-corrected chi connectivity index (χ0v) is 16.1. The first kappa shape index (κ1) is 20.9. The number of carbonyl (C=O) groups excluding carboxylic acids is 2. The van der Waals surface area contributed by atoms with Crippen LogP contribution in [0.2, 0.25) is 0 Å². The van der Waals surface area contributed by atoms with Crippen LogP contribution in [-0.2, 0) is 16.0 Å². The van der Waals surface area contributed by atoms with Gasteiger partial charge in [0.25, 0.3) is 0 Å². The summed E-state index contributed by atoms with van der Waals surface area (Å²) in [5.41, 5.74) is 2.22. The Morgan fingerprint density at radius 1 is 0.964 bits per heavy atom. The first-order valence-corrected chi connectivity index (χ1v) is 8.96. The Morgan fingerprint density at radius 3 is 1.89 bits per heavy atom. The Kier molecular flexibility index (Phi) is 8.00. The number of ether oxygens (including phenoxy) is 1. The molecular weight excluding hydrogens is 356 g/mol. The number of carbonyl (C=O) groups is 2. The zero-order chi connectivity index (χ0) is 20.4. The summed E-state index contributed by atoms with van der Waals surface area (Å²) in [6, 6.07) is 16.3. The molecule has 2 N–H and O–H groups in total. The fourth-order valence-corrected chi connectivity index (χ4v) is 2.56. The molecule has 0 aliphatic heterocycles. The lowest BCUT2D eigenvalue weighted by atomic mass is 10.1. The van der Waals surface area contributed by atoms with Crippen LogP contribution in [-0.4, -0.2) is 43.5 Å². The fourth-order valence-electron chi connectivity index (χ4n) is 2.56. The summed E-state index contributed by atoms with van der Waals surface area (Å²) in [4.78, 5) is 26.2. The SMILES string of the molecule is CCN(CC(=O)Nc1ccc(CC#N)cc1)CC(=O)Nc1ccc(OC)cc1. The van der Waals surface area contributed by atoms with Crippen molar-refractivity contribution in [1.29, 1.82) is 5.26 Å². The number of benzene rings is 2. The van der Waals surface area contributed by atoms with Gasteiger partial charge in [-0.2, -0.15) is 5.26 Å². The highest BCUT2D eigenvalue weighted by molar-refractivity contribution is 5.94. The number of nitriles is 1. The third kappa shape index (κ3) is 6.74. The molecule has 2 aromatic rings. The summed E-state index contributed by atoms with van der Waals surface area (Å²) in [7, 11) is 1.58. The van der Waals surface area contributed by atoms with Crippen LogP contribution in [0.5, 0.6) is 5.75 Å². The van der Waals surface area contributed by atoms with Crippen molar-refractivity contribution in [1.82, 2.24) is 4.90 Å². The van der Waals surface area contributed by atoms with E-state index in [0.717, 1.165) is 5.56 Å². The van der Waals surface area contributed by atoms with Crippen molar-refractivity contribution in [2.24, 2.45) is 0 Å². The molecule has 0 aliphatic rings. The van der Waals surface area contributed by atoms with Crippen molar-refractivity contribution in [3.05, 3.63) is 54.1 Å². The van der Waals surface area contributed by atoms with Crippen LogP contribution in [0, 0.1) is 11.3 Å². The lowest BCUT2D eigenvalue weighted by Crippen LogP contribution is -2.38. The number of anilines is 2. The van der Waals surface area contributed by atoms with E-state index >= 15 is 0 Å². The summed E-state index contributed by atoms with van der Waals surface area (Å²) in [6.45, 7) is 2.67. The van der Waals surface area contributed by atoms with Gasteiger partial charge in [-0.25, -0.2) is 0 Å². The molecule has 0 aliphatic carbocycles. The van der Waals surface area contributed by atoms with Gasteiger partial charge in [0.05, 0.1) is 32.7 Å². The highest BCUT2D eigenvalue weighted by Crippen LogP contribution is 2.15. The molecule has 0 heterocycles. The maximum absolute atomic E-state index is 12.3. The number of hydrogen-bond acceptors (Lipinski definition) is 5. The minimum atomic E-state index is -0.202. The van der Waals surface area contributed by atoms with Gasteiger partial charge < -0.3 is 15.4 Å². The lowest BCUT2D eigenvalue weighted by molar-refractivity contribution is -0.119. The molecule has 0 unspecified atom stereocenters. The number of rotatable bonds is 9. The van der Waals surface area contributed by atoms with Gasteiger partial charge in [-0.15, -0.1) is 0 Å². The first-order valence-electron chi connectivity index (χ1n) is 8.96. The minimum Gasteiger partial charge on any atom is -0.497 e. The summed E-state index contributed by atoms with van der Waals surface area (Å²) >= 11 is 0. The fraction of sp³-hybridized carbons (Fsp3) is 0.286. The van der Waals surface area contributed by atoms with Crippen molar-refractivity contribution in [3.63, 3.8) is 0 Å². The van der Waals surface area contributed by atoms with E-state index in [1.165, 1.54) is 0 Å². The van der Waals surface area contributed by atoms with Gasteiger partial charge in [-0.1, -0.05) is 19.1 Å². The summed E-state index contributed by atoms with van der Waals surface area (Å²) in [5.74, 6) is 0.318. The van der Waals surface area contributed by atoms with Gasteiger partial charge >= 0.3 is 0 Å². The number of nitrogens with one attached hydrogen (secondary N) is 2. The predicted octanol–water partition coefficient (Wildman–Crippen LogP) is 2.66. The van der Waals surface area contributed by atoms with E-state index in [1.54, 1.807) is 60.5 Å². The Hall–Kier alpha value is -3.37.